The van der Waals surface area contributed by atoms with E-state index in [4.69, 9.17) is 10.5 Å². The molecule has 0 spiro atoms. The van der Waals surface area contributed by atoms with Crippen molar-refractivity contribution in [3.8, 4) is 5.75 Å². The molecule has 1 aliphatic heterocycles. The molecule has 0 amide bonds. The maximum absolute atomic E-state index is 13.1. The number of benzene rings is 1. The second-order valence-electron chi connectivity index (χ2n) is 3.77. The van der Waals surface area contributed by atoms with Gasteiger partial charge in [0, 0.05) is 13.1 Å². The average molecular weight is 210 g/mol. The highest BCUT2D eigenvalue weighted by atomic mass is 19.1. The van der Waals surface area contributed by atoms with Crippen molar-refractivity contribution in [1.29, 1.82) is 0 Å². The van der Waals surface area contributed by atoms with Crippen molar-refractivity contribution < 1.29 is 9.13 Å². The molecule has 1 heterocycles. The molecule has 0 radical (unpaired) electrons. The summed E-state index contributed by atoms with van der Waals surface area (Å²) in [6.45, 7) is 1.23. The minimum absolute atomic E-state index is 0.238. The van der Waals surface area contributed by atoms with Crippen molar-refractivity contribution in [3.63, 3.8) is 0 Å². The van der Waals surface area contributed by atoms with Gasteiger partial charge in [0.1, 0.15) is 18.2 Å². The first-order chi connectivity index (χ1) is 7.22. The molecule has 3 nitrogen and oxygen atoms in total. The second kappa shape index (κ2) is 4.06. The second-order valence-corrected chi connectivity index (χ2v) is 3.77. The van der Waals surface area contributed by atoms with E-state index in [2.05, 4.69) is 0 Å². The van der Waals surface area contributed by atoms with Crippen molar-refractivity contribution in [3.05, 3.63) is 24.0 Å². The molecule has 82 valence electrons. The lowest BCUT2D eigenvalue weighted by molar-refractivity contribution is 0.261. The molecule has 0 aromatic heterocycles. The minimum Gasteiger partial charge on any atom is -0.489 e. The molecule has 0 aliphatic carbocycles. The quantitative estimate of drug-likeness (QED) is 0.801. The number of nitrogens with zero attached hydrogens (tertiary/aromatic N) is 1. The summed E-state index contributed by atoms with van der Waals surface area (Å²) >= 11 is 0. The Labute approximate surface area is 88.6 Å². The Balaban J connectivity index is 2.28. The molecule has 1 atom stereocenters. The minimum atomic E-state index is -0.238. The molecule has 0 saturated carbocycles. The third kappa shape index (κ3) is 1.90. The van der Waals surface area contributed by atoms with E-state index in [9.17, 15) is 4.39 Å². The van der Waals surface area contributed by atoms with Gasteiger partial charge in [-0.1, -0.05) is 0 Å². The number of hydrogen-bond donors (Lipinski definition) is 1. The van der Waals surface area contributed by atoms with Gasteiger partial charge in [-0.25, -0.2) is 4.39 Å². The van der Waals surface area contributed by atoms with Crippen LogP contribution in [0, 0.1) is 5.82 Å². The number of nitrogens with two attached hydrogens (primary N) is 1. The molecular weight excluding hydrogens is 195 g/mol. The summed E-state index contributed by atoms with van der Waals surface area (Å²) in [5.41, 5.74) is 6.32. The summed E-state index contributed by atoms with van der Waals surface area (Å²) in [5.74, 6) is 0.504. The standard InChI is InChI=1S/C11H15FN2O/c1-14-9(4-5-13)7-15-11-3-2-8(12)6-10(11)14/h2-3,6,9H,4-5,7,13H2,1H3. The Morgan fingerprint density at radius 3 is 3.13 bits per heavy atom. The lowest BCUT2D eigenvalue weighted by Gasteiger charge is -2.35. The molecule has 1 unspecified atom stereocenters. The van der Waals surface area contributed by atoms with Crippen LogP contribution in [0.3, 0.4) is 0 Å². The number of fused-ring (bicyclic) bond motifs is 1. The van der Waals surface area contributed by atoms with E-state index < -0.39 is 0 Å². The van der Waals surface area contributed by atoms with Crippen LogP contribution in [0.15, 0.2) is 18.2 Å². The van der Waals surface area contributed by atoms with Crippen molar-refractivity contribution in [2.45, 2.75) is 12.5 Å². The predicted octanol–water partition coefficient (Wildman–Crippen LogP) is 1.37. The van der Waals surface area contributed by atoms with Gasteiger partial charge in [-0.15, -0.1) is 0 Å². The SMILES string of the molecule is CN1c2cc(F)ccc2OCC1CCN. The summed E-state index contributed by atoms with van der Waals surface area (Å²) in [6, 6.07) is 4.82. The summed E-state index contributed by atoms with van der Waals surface area (Å²) < 4.78 is 18.6. The van der Waals surface area contributed by atoms with Gasteiger partial charge in [-0.05, 0) is 25.1 Å². The molecule has 2 N–H and O–H groups in total. The first-order valence-electron chi connectivity index (χ1n) is 5.07. The monoisotopic (exact) mass is 210 g/mol. The van der Waals surface area contributed by atoms with Crippen molar-refractivity contribution >= 4 is 5.69 Å². The molecular formula is C11H15FN2O. The number of likely N-dealkylation sites (N-methyl/N-ethyl adjacent to an activating group) is 1. The number of hydrogen-bond acceptors (Lipinski definition) is 3. The first-order valence-corrected chi connectivity index (χ1v) is 5.07. The number of rotatable bonds is 2. The van der Waals surface area contributed by atoms with Gasteiger partial charge in [0.2, 0.25) is 0 Å². The van der Waals surface area contributed by atoms with E-state index in [0.29, 0.717) is 13.2 Å². The highest BCUT2D eigenvalue weighted by Crippen LogP contribution is 2.33. The van der Waals surface area contributed by atoms with Gasteiger partial charge < -0.3 is 15.4 Å². The predicted molar refractivity (Wildman–Crippen MR) is 57.8 cm³/mol. The average Bonchev–Trinajstić information content (AvgIpc) is 2.23. The van der Waals surface area contributed by atoms with Crippen LogP contribution in [-0.4, -0.2) is 26.2 Å². The molecule has 15 heavy (non-hydrogen) atoms. The maximum atomic E-state index is 13.1. The van der Waals surface area contributed by atoms with Gasteiger partial charge in [-0.3, -0.25) is 0 Å². The van der Waals surface area contributed by atoms with E-state index in [1.165, 1.54) is 12.1 Å². The van der Waals surface area contributed by atoms with Crippen LogP contribution >= 0.6 is 0 Å². The van der Waals surface area contributed by atoms with E-state index in [1.54, 1.807) is 6.07 Å². The molecule has 4 heteroatoms. The molecule has 1 aromatic carbocycles. The topological polar surface area (TPSA) is 38.5 Å². The summed E-state index contributed by atoms with van der Waals surface area (Å²) in [5, 5.41) is 0. The zero-order valence-corrected chi connectivity index (χ0v) is 8.74. The van der Waals surface area contributed by atoms with Crippen molar-refractivity contribution in [2.75, 3.05) is 25.1 Å². The van der Waals surface area contributed by atoms with Crippen LogP contribution in [-0.2, 0) is 0 Å². The number of ether oxygens (including phenoxy) is 1. The van der Waals surface area contributed by atoms with Crippen LogP contribution < -0.4 is 15.4 Å². The van der Waals surface area contributed by atoms with E-state index >= 15 is 0 Å². The van der Waals surface area contributed by atoms with Gasteiger partial charge >= 0.3 is 0 Å². The molecule has 0 fully saturated rings. The summed E-state index contributed by atoms with van der Waals surface area (Å²) in [4.78, 5) is 2.04. The normalized spacial score (nSPS) is 19.7. The Morgan fingerprint density at radius 1 is 1.60 bits per heavy atom. The fraction of sp³-hybridized carbons (Fsp3) is 0.455. The maximum Gasteiger partial charge on any atom is 0.142 e. The lowest BCUT2D eigenvalue weighted by Crippen LogP contribution is -2.41. The van der Waals surface area contributed by atoms with Crippen molar-refractivity contribution in [2.24, 2.45) is 5.73 Å². The van der Waals surface area contributed by atoms with Gasteiger partial charge in [0.15, 0.2) is 0 Å². The van der Waals surface area contributed by atoms with Crippen LogP contribution in [0.5, 0.6) is 5.75 Å². The largest absolute Gasteiger partial charge is 0.489 e. The third-order valence-corrected chi connectivity index (χ3v) is 2.78. The lowest BCUT2D eigenvalue weighted by atomic mass is 10.1. The fourth-order valence-corrected chi connectivity index (χ4v) is 1.85. The summed E-state index contributed by atoms with van der Waals surface area (Å²) in [7, 11) is 1.95. The van der Waals surface area contributed by atoms with Crippen LogP contribution in [0.1, 0.15) is 6.42 Å². The van der Waals surface area contributed by atoms with Crippen LogP contribution in [0.4, 0.5) is 10.1 Å². The van der Waals surface area contributed by atoms with Crippen molar-refractivity contribution in [1.82, 2.24) is 0 Å². The smallest absolute Gasteiger partial charge is 0.142 e. The van der Waals surface area contributed by atoms with E-state index in [1.807, 2.05) is 11.9 Å². The van der Waals surface area contributed by atoms with Gasteiger partial charge in [0.05, 0.1) is 11.7 Å². The molecule has 0 bridgehead atoms. The molecule has 0 saturated heterocycles. The zero-order valence-electron chi connectivity index (χ0n) is 8.74. The van der Waals surface area contributed by atoms with Crippen LogP contribution in [0.25, 0.3) is 0 Å². The first kappa shape index (κ1) is 10.2. The zero-order chi connectivity index (χ0) is 10.8. The Kier molecular flexibility index (Phi) is 2.77. The highest BCUT2D eigenvalue weighted by molar-refractivity contribution is 5.60. The van der Waals surface area contributed by atoms with Gasteiger partial charge in [-0.2, -0.15) is 0 Å². The molecule has 1 aromatic rings. The molecule has 1 aliphatic rings. The van der Waals surface area contributed by atoms with E-state index in [-0.39, 0.29) is 11.9 Å². The van der Waals surface area contributed by atoms with Crippen LogP contribution in [0.2, 0.25) is 0 Å². The Morgan fingerprint density at radius 2 is 2.40 bits per heavy atom. The highest BCUT2D eigenvalue weighted by Gasteiger charge is 2.24. The fourth-order valence-electron chi connectivity index (χ4n) is 1.85. The third-order valence-electron chi connectivity index (χ3n) is 2.78. The van der Waals surface area contributed by atoms with Gasteiger partial charge in [0.25, 0.3) is 0 Å². The van der Waals surface area contributed by atoms with E-state index in [0.717, 1.165) is 17.9 Å². The summed E-state index contributed by atoms with van der Waals surface area (Å²) in [6.07, 6.45) is 0.854. The Bertz CT molecular complexity index is 356. The Hall–Kier alpha value is -1.29. The number of halogens is 1. The molecule has 2 rings (SSSR count). The number of anilines is 1.